The number of hydrogen-bond donors (Lipinski definition) is 0. The lowest BCUT2D eigenvalue weighted by Gasteiger charge is -2.30. The van der Waals surface area contributed by atoms with Gasteiger partial charge in [0.15, 0.2) is 17.7 Å². The number of ether oxygens (including phenoxy) is 1. The van der Waals surface area contributed by atoms with E-state index in [1.165, 1.54) is 0 Å². The molecular weight excluding hydrogens is 394 g/mol. The number of benzene rings is 1. The van der Waals surface area contributed by atoms with Crippen molar-refractivity contribution < 1.29 is 26.5 Å². The van der Waals surface area contributed by atoms with Gasteiger partial charge in [0.25, 0.3) is 5.89 Å². The van der Waals surface area contributed by atoms with Crippen molar-refractivity contribution in [3.8, 4) is 11.4 Å². The Morgan fingerprint density at radius 3 is 2.79 bits per heavy atom. The molecule has 1 saturated heterocycles. The van der Waals surface area contributed by atoms with Crippen LogP contribution in [0.25, 0.3) is 11.4 Å². The van der Waals surface area contributed by atoms with E-state index >= 15 is 0 Å². The van der Waals surface area contributed by atoms with Crippen molar-refractivity contribution in [2.75, 3.05) is 19.7 Å². The molecule has 1 fully saturated rings. The Morgan fingerprint density at radius 2 is 2.04 bits per heavy atom. The molecule has 11 heteroatoms. The number of pyridine rings is 1. The summed E-state index contributed by atoms with van der Waals surface area (Å²) < 4.78 is 64.0. The van der Waals surface area contributed by atoms with Crippen molar-refractivity contribution in [2.24, 2.45) is 0 Å². The molecule has 8 nitrogen and oxygen atoms in total. The zero-order chi connectivity index (χ0) is 19.7. The predicted molar refractivity (Wildman–Crippen MR) is 91.3 cm³/mol. The van der Waals surface area contributed by atoms with E-state index in [1.807, 2.05) is 0 Å². The molecule has 28 heavy (non-hydrogen) atoms. The van der Waals surface area contributed by atoms with Gasteiger partial charge in [0.1, 0.15) is 0 Å². The van der Waals surface area contributed by atoms with Crippen molar-refractivity contribution in [2.45, 2.75) is 11.0 Å². The van der Waals surface area contributed by atoms with Gasteiger partial charge in [0.05, 0.1) is 11.5 Å². The summed E-state index contributed by atoms with van der Waals surface area (Å²) in [7, 11) is -4.04. The fraction of sp³-hybridized carbons (Fsp3) is 0.235. The van der Waals surface area contributed by atoms with Crippen LogP contribution in [0.2, 0.25) is 0 Å². The van der Waals surface area contributed by atoms with Gasteiger partial charge in [0.2, 0.25) is 15.8 Å². The van der Waals surface area contributed by atoms with Crippen LogP contribution in [0.4, 0.5) is 8.78 Å². The van der Waals surface area contributed by atoms with Gasteiger partial charge in [-0.2, -0.15) is 9.29 Å². The maximum absolute atomic E-state index is 13.5. The lowest BCUT2D eigenvalue weighted by atomic mass is 10.2. The van der Waals surface area contributed by atoms with Crippen LogP contribution in [0.5, 0.6) is 0 Å². The van der Waals surface area contributed by atoms with Crippen molar-refractivity contribution in [3.05, 3.63) is 60.3 Å². The van der Waals surface area contributed by atoms with Crippen LogP contribution in [-0.2, 0) is 14.8 Å². The Labute approximate surface area is 158 Å². The molecule has 146 valence electrons. The molecular formula is C17H14F2N4O4S. The van der Waals surface area contributed by atoms with Crippen molar-refractivity contribution >= 4 is 10.0 Å². The molecule has 4 rings (SSSR count). The number of nitrogens with zero attached hydrogens (tertiary/aromatic N) is 4. The zero-order valence-corrected chi connectivity index (χ0v) is 15.1. The average molecular weight is 408 g/mol. The van der Waals surface area contributed by atoms with Crippen LogP contribution in [0.15, 0.2) is 52.1 Å². The highest BCUT2D eigenvalue weighted by Crippen LogP contribution is 2.27. The molecule has 0 spiro atoms. The Bertz CT molecular complexity index is 1090. The molecule has 2 aromatic heterocycles. The van der Waals surface area contributed by atoms with E-state index in [1.54, 1.807) is 24.5 Å². The van der Waals surface area contributed by atoms with Crippen molar-refractivity contribution in [1.82, 2.24) is 19.4 Å². The first-order chi connectivity index (χ1) is 13.4. The minimum atomic E-state index is -4.04. The second kappa shape index (κ2) is 7.34. The summed E-state index contributed by atoms with van der Waals surface area (Å²) in [6.45, 7) is 0.0373. The molecule has 0 saturated carbocycles. The standard InChI is InChI=1S/C17H14F2N4O4S/c18-13-4-3-12(8-14(13)19)28(24,25)23-6-7-26-15(10-23)17-21-16(22-27-17)11-2-1-5-20-9-11/h1-5,8-9,15H,6-7,10H2. The van der Waals surface area contributed by atoms with Crippen LogP contribution in [0.3, 0.4) is 0 Å². The molecule has 0 N–H and O–H groups in total. The van der Waals surface area contributed by atoms with Gasteiger partial charge in [-0.1, -0.05) is 5.16 Å². The van der Waals surface area contributed by atoms with Crippen LogP contribution >= 0.6 is 0 Å². The number of morpholine rings is 1. The minimum absolute atomic E-state index is 0.0570. The molecule has 1 aliphatic heterocycles. The van der Waals surface area contributed by atoms with E-state index in [0.717, 1.165) is 16.4 Å². The lowest BCUT2D eigenvalue weighted by Crippen LogP contribution is -2.42. The van der Waals surface area contributed by atoms with Gasteiger partial charge in [-0.15, -0.1) is 0 Å². The molecule has 0 amide bonds. The first-order valence-electron chi connectivity index (χ1n) is 8.26. The molecule has 0 bridgehead atoms. The van der Waals surface area contributed by atoms with E-state index < -0.39 is 27.8 Å². The zero-order valence-electron chi connectivity index (χ0n) is 14.3. The summed E-state index contributed by atoms with van der Waals surface area (Å²) in [5.41, 5.74) is 0.638. The Morgan fingerprint density at radius 1 is 1.18 bits per heavy atom. The molecule has 1 aromatic carbocycles. The van der Waals surface area contributed by atoms with Gasteiger partial charge >= 0.3 is 0 Å². The minimum Gasteiger partial charge on any atom is -0.366 e. The summed E-state index contributed by atoms with van der Waals surface area (Å²) in [5, 5.41) is 3.86. The van der Waals surface area contributed by atoms with Crippen LogP contribution in [-0.4, -0.2) is 47.5 Å². The van der Waals surface area contributed by atoms with Crippen molar-refractivity contribution in [1.29, 1.82) is 0 Å². The molecule has 1 aliphatic rings. The van der Waals surface area contributed by atoms with E-state index in [2.05, 4.69) is 15.1 Å². The summed E-state index contributed by atoms with van der Waals surface area (Å²) in [5.74, 6) is -1.94. The first-order valence-corrected chi connectivity index (χ1v) is 9.70. The topological polar surface area (TPSA) is 98.4 Å². The highest BCUT2D eigenvalue weighted by atomic mass is 32.2. The first kappa shape index (κ1) is 18.6. The average Bonchev–Trinajstić information content (AvgIpc) is 3.21. The molecule has 1 unspecified atom stereocenters. The third kappa shape index (κ3) is 3.51. The third-order valence-electron chi connectivity index (χ3n) is 4.19. The normalized spacial score (nSPS) is 18.3. The van der Waals surface area contributed by atoms with Crippen LogP contribution in [0.1, 0.15) is 12.0 Å². The SMILES string of the molecule is O=S(=O)(c1ccc(F)c(F)c1)N1CCOC(c2nc(-c3cccnc3)no2)C1. The summed E-state index contributed by atoms with van der Waals surface area (Å²) >= 11 is 0. The van der Waals surface area contributed by atoms with Gasteiger partial charge in [0, 0.05) is 31.0 Å². The Hall–Kier alpha value is -2.76. The summed E-state index contributed by atoms with van der Waals surface area (Å²) in [6, 6.07) is 5.92. The third-order valence-corrected chi connectivity index (χ3v) is 6.06. The highest BCUT2D eigenvalue weighted by Gasteiger charge is 2.34. The maximum Gasteiger partial charge on any atom is 0.257 e. The Kier molecular flexibility index (Phi) is 4.87. The predicted octanol–water partition coefficient (Wildman–Crippen LogP) is 2.17. The van der Waals surface area contributed by atoms with Crippen LogP contribution < -0.4 is 0 Å². The quantitative estimate of drug-likeness (QED) is 0.652. The highest BCUT2D eigenvalue weighted by molar-refractivity contribution is 7.89. The lowest BCUT2D eigenvalue weighted by molar-refractivity contribution is -0.0199. The summed E-state index contributed by atoms with van der Waals surface area (Å²) in [4.78, 5) is 7.88. The molecule has 3 aromatic rings. The van der Waals surface area contributed by atoms with Crippen molar-refractivity contribution in [3.63, 3.8) is 0 Å². The number of rotatable bonds is 4. The van der Waals surface area contributed by atoms with Gasteiger partial charge in [-0.05, 0) is 30.3 Å². The van der Waals surface area contributed by atoms with E-state index in [0.29, 0.717) is 17.5 Å². The number of aromatic nitrogens is 3. The van der Waals surface area contributed by atoms with Gasteiger partial charge in [-0.25, -0.2) is 17.2 Å². The fourth-order valence-corrected chi connectivity index (χ4v) is 4.20. The molecule has 0 aliphatic carbocycles. The van der Waals surface area contributed by atoms with Gasteiger partial charge in [-0.3, -0.25) is 4.98 Å². The van der Waals surface area contributed by atoms with E-state index in [4.69, 9.17) is 9.26 Å². The second-order valence-corrected chi connectivity index (χ2v) is 7.93. The summed E-state index contributed by atoms with van der Waals surface area (Å²) in [6.07, 6.45) is 2.39. The Balaban J connectivity index is 1.56. The molecule has 3 heterocycles. The smallest absolute Gasteiger partial charge is 0.257 e. The fourth-order valence-electron chi connectivity index (χ4n) is 2.76. The number of halogens is 2. The maximum atomic E-state index is 13.5. The molecule has 0 radical (unpaired) electrons. The van der Waals surface area contributed by atoms with Gasteiger partial charge < -0.3 is 9.26 Å². The second-order valence-electron chi connectivity index (χ2n) is 6.00. The van der Waals surface area contributed by atoms with E-state index in [-0.39, 0.29) is 30.5 Å². The van der Waals surface area contributed by atoms with Crippen LogP contribution in [0, 0.1) is 11.6 Å². The number of hydrogen-bond acceptors (Lipinski definition) is 7. The van der Waals surface area contributed by atoms with E-state index in [9.17, 15) is 17.2 Å². The monoisotopic (exact) mass is 408 g/mol. The number of sulfonamides is 1. The molecule has 1 atom stereocenters. The largest absolute Gasteiger partial charge is 0.366 e.